The first-order chi connectivity index (χ1) is 16.2. The van der Waals surface area contributed by atoms with Crippen molar-refractivity contribution in [1.29, 1.82) is 0 Å². The number of nitrogens with zero attached hydrogens (tertiary/aromatic N) is 3. The van der Waals surface area contributed by atoms with Crippen LogP contribution in [0.2, 0.25) is 0 Å². The fourth-order valence-electron chi connectivity index (χ4n) is 4.69. The molecule has 1 N–H and O–H groups in total. The molecule has 4 aromatic rings. The average molecular weight is 443 g/mol. The number of rotatable bonds is 7. The summed E-state index contributed by atoms with van der Waals surface area (Å²) in [6.07, 6.45) is 4.60. The van der Waals surface area contributed by atoms with Crippen molar-refractivity contribution in [2.45, 2.75) is 26.2 Å². The van der Waals surface area contributed by atoms with Crippen molar-refractivity contribution in [3.63, 3.8) is 0 Å². The van der Waals surface area contributed by atoms with Crippen molar-refractivity contribution >= 4 is 28.3 Å². The van der Waals surface area contributed by atoms with Gasteiger partial charge in [0.15, 0.2) is 5.82 Å². The van der Waals surface area contributed by atoms with E-state index in [4.69, 9.17) is 9.72 Å². The molecule has 0 unspecified atom stereocenters. The number of amides is 1. The summed E-state index contributed by atoms with van der Waals surface area (Å²) in [4.78, 5) is 20.0. The van der Waals surface area contributed by atoms with Gasteiger partial charge < -0.3 is 19.4 Å². The minimum atomic E-state index is 0.0600. The van der Waals surface area contributed by atoms with E-state index < -0.39 is 0 Å². The molecule has 1 fully saturated rings. The fourth-order valence-corrected chi connectivity index (χ4v) is 4.69. The summed E-state index contributed by atoms with van der Waals surface area (Å²) < 4.78 is 7.69. The van der Waals surface area contributed by atoms with Gasteiger partial charge in [0.2, 0.25) is 5.91 Å². The second kappa shape index (κ2) is 9.53. The van der Waals surface area contributed by atoms with Gasteiger partial charge in [-0.15, -0.1) is 0 Å². The quantitative estimate of drug-likeness (QED) is 0.459. The van der Waals surface area contributed by atoms with Crippen LogP contribution in [0.5, 0.6) is 5.75 Å². The van der Waals surface area contributed by atoms with Crippen molar-refractivity contribution in [2.24, 2.45) is 5.92 Å². The maximum absolute atomic E-state index is 12.7. The number of carbonyl (C=O) groups excluding carboxylic acids is 1. The molecule has 1 saturated heterocycles. The normalized spacial score (nSPS) is 14.6. The van der Waals surface area contributed by atoms with Gasteiger partial charge in [-0.2, -0.15) is 0 Å². The van der Waals surface area contributed by atoms with Crippen molar-refractivity contribution < 1.29 is 9.53 Å². The summed E-state index contributed by atoms with van der Waals surface area (Å²) >= 11 is 0. The Morgan fingerprint density at radius 2 is 1.79 bits per heavy atom. The molecule has 170 valence electrons. The van der Waals surface area contributed by atoms with Crippen LogP contribution in [0.4, 0.5) is 5.82 Å². The van der Waals surface area contributed by atoms with Gasteiger partial charge in [0, 0.05) is 31.7 Å². The minimum absolute atomic E-state index is 0.0600. The predicted molar refractivity (Wildman–Crippen MR) is 132 cm³/mol. The second-order valence-corrected chi connectivity index (χ2v) is 8.57. The van der Waals surface area contributed by atoms with Crippen molar-refractivity contribution in [3.05, 3.63) is 72.4 Å². The standard InChI is InChI=1S/C27H30N4O2/c1-2-33-22-11-9-20(10-12-22)13-16-28-27(32)21-14-18-30(19-15-21)26-25-8-5-17-31(25)24-7-4-3-6-23(24)29-26/h3-12,17,21H,2,13-16,18-19H2,1H3,(H,28,32). The van der Waals surface area contributed by atoms with Gasteiger partial charge in [-0.25, -0.2) is 4.98 Å². The zero-order valence-corrected chi connectivity index (χ0v) is 19.0. The Morgan fingerprint density at radius 3 is 2.58 bits per heavy atom. The van der Waals surface area contributed by atoms with Crippen LogP contribution in [0.3, 0.4) is 0 Å². The third-order valence-electron chi connectivity index (χ3n) is 6.46. The Morgan fingerprint density at radius 1 is 1.03 bits per heavy atom. The fraction of sp³-hybridized carbons (Fsp3) is 0.333. The number of benzene rings is 2. The number of anilines is 1. The molecule has 1 aliphatic heterocycles. The van der Waals surface area contributed by atoms with Gasteiger partial charge in [0.1, 0.15) is 5.75 Å². The zero-order chi connectivity index (χ0) is 22.6. The molecular formula is C27H30N4O2. The summed E-state index contributed by atoms with van der Waals surface area (Å²) in [6, 6.07) is 20.5. The molecule has 33 heavy (non-hydrogen) atoms. The Bertz CT molecular complexity index is 1240. The first kappa shape index (κ1) is 21.3. The molecule has 0 radical (unpaired) electrons. The number of aromatic nitrogens is 2. The predicted octanol–water partition coefficient (Wildman–Crippen LogP) is 4.46. The molecule has 5 rings (SSSR count). The molecule has 1 amide bonds. The molecule has 0 atom stereocenters. The molecule has 2 aromatic heterocycles. The summed E-state index contributed by atoms with van der Waals surface area (Å²) in [5.74, 6) is 2.12. The van der Waals surface area contributed by atoms with Crippen LogP contribution in [0.1, 0.15) is 25.3 Å². The highest BCUT2D eigenvalue weighted by atomic mass is 16.5. The monoisotopic (exact) mass is 442 g/mol. The molecule has 1 aliphatic rings. The van der Waals surface area contributed by atoms with Crippen LogP contribution in [0, 0.1) is 5.92 Å². The van der Waals surface area contributed by atoms with Crippen LogP contribution in [0.15, 0.2) is 66.9 Å². The maximum atomic E-state index is 12.7. The number of carbonyl (C=O) groups is 1. The third-order valence-corrected chi connectivity index (χ3v) is 6.46. The molecule has 0 bridgehead atoms. The van der Waals surface area contributed by atoms with E-state index in [2.05, 4.69) is 57.2 Å². The molecule has 2 aromatic carbocycles. The topological polar surface area (TPSA) is 58.9 Å². The number of para-hydroxylation sites is 2. The van der Waals surface area contributed by atoms with Crippen LogP contribution in [-0.4, -0.2) is 41.5 Å². The Hall–Kier alpha value is -3.54. The largest absolute Gasteiger partial charge is 0.494 e. The van der Waals surface area contributed by atoms with E-state index in [1.54, 1.807) is 0 Å². The Balaban J connectivity index is 1.17. The second-order valence-electron chi connectivity index (χ2n) is 8.57. The summed E-state index contributed by atoms with van der Waals surface area (Å²) in [6.45, 7) is 4.98. The van der Waals surface area contributed by atoms with Gasteiger partial charge >= 0.3 is 0 Å². The zero-order valence-electron chi connectivity index (χ0n) is 19.0. The van der Waals surface area contributed by atoms with E-state index in [0.717, 1.165) is 60.5 Å². The van der Waals surface area contributed by atoms with Gasteiger partial charge in [-0.1, -0.05) is 24.3 Å². The van der Waals surface area contributed by atoms with E-state index in [9.17, 15) is 4.79 Å². The van der Waals surface area contributed by atoms with Gasteiger partial charge in [0.05, 0.1) is 23.2 Å². The molecule has 6 nitrogen and oxygen atoms in total. The lowest BCUT2D eigenvalue weighted by molar-refractivity contribution is -0.125. The van der Waals surface area contributed by atoms with Crippen molar-refractivity contribution in [1.82, 2.24) is 14.7 Å². The minimum Gasteiger partial charge on any atom is -0.494 e. The third kappa shape index (κ3) is 4.51. The van der Waals surface area contributed by atoms with E-state index >= 15 is 0 Å². The van der Waals surface area contributed by atoms with E-state index in [0.29, 0.717) is 13.2 Å². The highest BCUT2D eigenvalue weighted by molar-refractivity contribution is 5.85. The molecule has 3 heterocycles. The van der Waals surface area contributed by atoms with E-state index in [1.807, 2.05) is 31.2 Å². The highest BCUT2D eigenvalue weighted by Gasteiger charge is 2.26. The number of fused-ring (bicyclic) bond motifs is 3. The molecule has 0 aliphatic carbocycles. The van der Waals surface area contributed by atoms with Crippen LogP contribution in [-0.2, 0) is 11.2 Å². The number of piperidine rings is 1. The first-order valence-electron chi connectivity index (χ1n) is 11.8. The summed E-state index contributed by atoms with van der Waals surface area (Å²) in [7, 11) is 0. The van der Waals surface area contributed by atoms with E-state index in [1.165, 1.54) is 5.56 Å². The Kier molecular flexibility index (Phi) is 6.15. The number of hydrogen-bond donors (Lipinski definition) is 1. The molecular weight excluding hydrogens is 412 g/mol. The lowest BCUT2D eigenvalue weighted by atomic mass is 9.95. The number of hydrogen-bond acceptors (Lipinski definition) is 4. The van der Waals surface area contributed by atoms with Gasteiger partial charge in [-0.05, 0) is 68.1 Å². The Labute approximate surface area is 194 Å². The van der Waals surface area contributed by atoms with Crippen molar-refractivity contribution in [3.8, 4) is 5.75 Å². The highest BCUT2D eigenvalue weighted by Crippen LogP contribution is 2.29. The molecule has 0 spiro atoms. The lowest BCUT2D eigenvalue weighted by Gasteiger charge is -2.32. The molecule has 6 heteroatoms. The van der Waals surface area contributed by atoms with Gasteiger partial charge in [-0.3, -0.25) is 4.79 Å². The van der Waals surface area contributed by atoms with Gasteiger partial charge in [0.25, 0.3) is 0 Å². The molecule has 0 saturated carbocycles. The number of ether oxygens (including phenoxy) is 1. The number of nitrogens with one attached hydrogen (secondary N) is 1. The smallest absolute Gasteiger partial charge is 0.223 e. The maximum Gasteiger partial charge on any atom is 0.223 e. The lowest BCUT2D eigenvalue weighted by Crippen LogP contribution is -2.41. The first-order valence-corrected chi connectivity index (χ1v) is 11.8. The SMILES string of the molecule is CCOc1ccc(CCNC(=O)C2CCN(c3nc4ccccc4n4cccc34)CC2)cc1. The van der Waals surface area contributed by atoms with E-state index in [-0.39, 0.29) is 11.8 Å². The summed E-state index contributed by atoms with van der Waals surface area (Å²) in [5, 5.41) is 3.14. The average Bonchev–Trinajstić information content (AvgIpc) is 3.35. The van der Waals surface area contributed by atoms with Crippen LogP contribution in [0.25, 0.3) is 16.6 Å². The van der Waals surface area contributed by atoms with Crippen LogP contribution < -0.4 is 15.0 Å². The van der Waals surface area contributed by atoms with Crippen molar-refractivity contribution in [2.75, 3.05) is 31.1 Å². The van der Waals surface area contributed by atoms with Crippen LogP contribution >= 0.6 is 0 Å². The summed E-state index contributed by atoms with van der Waals surface area (Å²) in [5.41, 5.74) is 4.42.